The topological polar surface area (TPSA) is 53.1 Å². The second kappa shape index (κ2) is 4.77. The van der Waals surface area contributed by atoms with Crippen molar-refractivity contribution in [1.82, 2.24) is 9.55 Å². The number of ether oxygens (including phenoxy) is 1. The standard InChI is InChI=1S/C11H21N3O/c1-5-14-7-6-13-10(14)9(12)8-15-11(2,3)4/h6-7,9H,5,8,12H2,1-4H3. The van der Waals surface area contributed by atoms with Gasteiger partial charge in [-0.2, -0.15) is 0 Å². The summed E-state index contributed by atoms with van der Waals surface area (Å²) in [6.45, 7) is 9.52. The lowest BCUT2D eigenvalue weighted by Crippen LogP contribution is -2.28. The molecule has 15 heavy (non-hydrogen) atoms. The molecule has 2 N–H and O–H groups in total. The van der Waals surface area contributed by atoms with Crippen LogP contribution in [0.2, 0.25) is 0 Å². The van der Waals surface area contributed by atoms with Crippen molar-refractivity contribution in [3.8, 4) is 0 Å². The second-order valence-electron chi connectivity index (χ2n) is 4.60. The van der Waals surface area contributed by atoms with Crippen molar-refractivity contribution in [2.24, 2.45) is 5.73 Å². The fourth-order valence-electron chi connectivity index (χ4n) is 1.33. The molecule has 1 atom stereocenters. The third-order valence-electron chi connectivity index (χ3n) is 2.12. The smallest absolute Gasteiger partial charge is 0.127 e. The van der Waals surface area contributed by atoms with E-state index in [1.807, 2.05) is 31.5 Å². The largest absolute Gasteiger partial charge is 0.374 e. The van der Waals surface area contributed by atoms with Gasteiger partial charge in [0, 0.05) is 18.9 Å². The van der Waals surface area contributed by atoms with Crippen LogP contribution in [0, 0.1) is 0 Å². The maximum absolute atomic E-state index is 6.01. The van der Waals surface area contributed by atoms with Gasteiger partial charge >= 0.3 is 0 Å². The van der Waals surface area contributed by atoms with Crippen molar-refractivity contribution in [1.29, 1.82) is 0 Å². The molecule has 0 amide bonds. The summed E-state index contributed by atoms with van der Waals surface area (Å²) >= 11 is 0. The third-order valence-corrected chi connectivity index (χ3v) is 2.12. The molecule has 0 fully saturated rings. The lowest BCUT2D eigenvalue weighted by Gasteiger charge is -2.22. The van der Waals surface area contributed by atoms with Gasteiger partial charge in [-0.15, -0.1) is 0 Å². The Labute approximate surface area is 91.4 Å². The SMILES string of the molecule is CCn1ccnc1C(N)COC(C)(C)C. The first-order chi connectivity index (χ1) is 6.94. The van der Waals surface area contributed by atoms with E-state index in [0.717, 1.165) is 12.4 Å². The zero-order valence-corrected chi connectivity index (χ0v) is 10.0. The van der Waals surface area contributed by atoms with Crippen LogP contribution in [0.5, 0.6) is 0 Å². The number of hydrogen-bond acceptors (Lipinski definition) is 3. The van der Waals surface area contributed by atoms with Crippen LogP contribution in [-0.4, -0.2) is 21.8 Å². The molecule has 1 rings (SSSR count). The maximum Gasteiger partial charge on any atom is 0.127 e. The lowest BCUT2D eigenvalue weighted by atomic mass is 10.2. The van der Waals surface area contributed by atoms with Crippen molar-refractivity contribution >= 4 is 0 Å². The van der Waals surface area contributed by atoms with Gasteiger partial charge in [0.25, 0.3) is 0 Å². The maximum atomic E-state index is 6.01. The van der Waals surface area contributed by atoms with E-state index in [9.17, 15) is 0 Å². The van der Waals surface area contributed by atoms with E-state index in [4.69, 9.17) is 10.5 Å². The van der Waals surface area contributed by atoms with Crippen molar-refractivity contribution < 1.29 is 4.74 Å². The summed E-state index contributed by atoms with van der Waals surface area (Å²) in [5, 5.41) is 0. The Bertz CT molecular complexity index is 301. The molecule has 0 radical (unpaired) electrons. The predicted octanol–water partition coefficient (Wildman–Crippen LogP) is 1.72. The molecular formula is C11H21N3O. The van der Waals surface area contributed by atoms with Crippen molar-refractivity contribution in [2.75, 3.05) is 6.61 Å². The van der Waals surface area contributed by atoms with Crippen molar-refractivity contribution in [3.05, 3.63) is 18.2 Å². The Morgan fingerprint density at radius 1 is 1.53 bits per heavy atom. The first kappa shape index (κ1) is 12.2. The highest BCUT2D eigenvalue weighted by molar-refractivity contribution is 4.98. The molecule has 0 aromatic carbocycles. The predicted molar refractivity (Wildman–Crippen MR) is 60.5 cm³/mol. The fraction of sp³-hybridized carbons (Fsp3) is 0.727. The van der Waals surface area contributed by atoms with Gasteiger partial charge in [0.1, 0.15) is 5.82 Å². The number of rotatable bonds is 4. The molecule has 4 heteroatoms. The highest BCUT2D eigenvalue weighted by atomic mass is 16.5. The first-order valence-corrected chi connectivity index (χ1v) is 5.34. The highest BCUT2D eigenvalue weighted by Crippen LogP contribution is 2.13. The molecule has 1 aromatic heterocycles. The number of imidazole rings is 1. The molecule has 86 valence electrons. The van der Waals surface area contributed by atoms with Crippen LogP contribution in [0.3, 0.4) is 0 Å². The minimum atomic E-state index is -0.154. The van der Waals surface area contributed by atoms with Crippen LogP contribution in [0.4, 0.5) is 0 Å². The van der Waals surface area contributed by atoms with Gasteiger partial charge in [-0.05, 0) is 27.7 Å². The van der Waals surface area contributed by atoms with E-state index in [-0.39, 0.29) is 11.6 Å². The summed E-state index contributed by atoms with van der Waals surface area (Å²) in [6, 6.07) is -0.154. The number of hydrogen-bond donors (Lipinski definition) is 1. The minimum Gasteiger partial charge on any atom is -0.374 e. The first-order valence-electron chi connectivity index (χ1n) is 5.34. The van der Waals surface area contributed by atoms with Crippen molar-refractivity contribution in [2.45, 2.75) is 45.9 Å². The van der Waals surface area contributed by atoms with Gasteiger partial charge in [-0.3, -0.25) is 0 Å². The van der Waals surface area contributed by atoms with E-state index in [1.54, 1.807) is 6.20 Å². The van der Waals surface area contributed by atoms with E-state index < -0.39 is 0 Å². The molecule has 1 unspecified atom stereocenters. The van der Waals surface area contributed by atoms with Gasteiger partial charge in [0.05, 0.1) is 18.2 Å². The average Bonchev–Trinajstić information content (AvgIpc) is 2.60. The molecule has 4 nitrogen and oxygen atoms in total. The highest BCUT2D eigenvalue weighted by Gasteiger charge is 2.16. The lowest BCUT2D eigenvalue weighted by molar-refractivity contribution is -0.0114. The van der Waals surface area contributed by atoms with Crippen LogP contribution < -0.4 is 5.73 Å². The Kier molecular flexibility index (Phi) is 3.88. The number of aryl methyl sites for hydroxylation is 1. The molecule has 0 spiro atoms. The summed E-state index contributed by atoms with van der Waals surface area (Å²) in [5.41, 5.74) is 5.86. The van der Waals surface area contributed by atoms with Crippen LogP contribution in [0.15, 0.2) is 12.4 Å². The monoisotopic (exact) mass is 211 g/mol. The van der Waals surface area contributed by atoms with E-state index >= 15 is 0 Å². The Morgan fingerprint density at radius 2 is 2.20 bits per heavy atom. The van der Waals surface area contributed by atoms with E-state index in [2.05, 4.69) is 11.9 Å². The summed E-state index contributed by atoms with van der Waals surface area (Å²) in [5.74, 6) is 0.891. The second-order valence-corrected chi connectivity index (χ2v) is 4.60. The van der Waals surface area contributed by atoms with E-state index in [0.29, 0.717) is 6.61 Å². The van der Waals surface area contributed by atoms with Gasteiger partial charge in [0.2, 0.25) is 0 Å². The zero-order chi connectivity index (χ0) is 11.5. The van der Waals surface area contributed by atoms with Gasteiger partial charge in [-0.25, -0.2) is 4.98 Å². The molecule has 0 aliphatic carbocycles. The molecule has 0 aliphatic rings. The molecule has 1 aromatic rings. The molecule has 0 aliphatic heterocycles. The molecule has 1 heterocycles. The average molecular weight is 211 g/mol. The third kappa shape index (κ3) is 3.64. The van der Waals surface area contributed by atoms with Crippen LogP contribution in [0.25, 0.3) is 0 Å². The van der Waals surface area contributed by atoms with Crippen molar-refractivity contribution in [3.63, 3.8) is 0 Å². The molecule has 0 bridgehead atoms. The Balaban J connectivity index is 2.57. The number of nitrogens with zero attached hydrogens (tertiary/aromatic N) is 2. The summed E-state index contributed by atoms with van der Waals surface area (Å²) in [4.78, 5) is 4.25. The molecular weight excluding hydrogens is 190 g/mol. The number of aromatic nitrogens is 2. The summed E-state index contributed by atoms with van der Waals surface area (Å²) < 4.78 is 7.67. The Morgan fingerprint density at radius 3 is 2.73 bits per heavy atom. The quantitative estimate of drug-likeness (QED) is 0.825. The Hall–Kier alpha value is -0.870. The molecule has 0 saturated carbocycles. The number of nitrogens with two attached hydrogens (primary N) is 1. The van der Waals surface area contributed by atoms with Crippen LogP contribution >= 0.6 is 0 Å². The van der Waals surface area contributed by atoms with Gasteiger partial charge < -0.3 is 15.0 Å². The normalized spacial score (nSPS) is 14.2. The molecule has 0 saturated heterocycles. The summed E-state index contributed by atoms with van der Waals surface area (Å²) in [7, 11) is 0. The minimum absolute atomic E-state index is 0.152. The van der Waals surface area contributed by atoms with Crippen LogP contribution in [-0.2, 0) is 11.3 Å². The van der Waals surface area contributed by atoms with Gasteiger partial charge in [0.15, 0.2) is 0 Å². The fourth-order valence-corrected chi connectivity index (χ4v) is 1.33. The zero-order valence-electron chi connectivity index (χ0n) is 10.0. The summed E-state index contributed by atoms with van der Waals surface area (Å²) in [6.07, 6.45) is 3.71. The van der Waals surface area contributed by atoms with Crippen LogP contribution in [0.1, 0.15) is 39.6 Å². The van der Waals surface area contributed by atoms with E-state index in [1.165, 1.54) is 0 Å². The van der Waals surface area contributed by atoms with Gasteiger partial charge in [-0.1, -0.05) is 0 Å².